The van der Waals surface area contributed by atoms with Crippen LogP contribution in [0.4, 0.5) is 18.0 Å². The van der Waals surface area contributed by atoms with Crippen molar-refractivity contribution >= 4 is 11.8 Å². The summed E-state index contributed by atoms with van der Waals surface area (Å²) in [5.74, 6) is -0.0851. The van der Waals surface area contributed by atoms with Gasteiger partial charge in [-0.05, 0) is 61.2 Å². The standard InChI is InChI=1S/C23H25F3N8O2/c1-15(35)19-5-10-34(29-19)21(36)32-11-7-22(8-12-32)6-2-9-33(22)14-16-3-4-17(23(24,25)26)13-18(16)20-27-30-31-28-20/h3-5,10,13H,2,6-9,11-12,14H2,1H3,(H,27,28,30,31). The van der Waals surface area contributed by atoms with Gasteiger partial charge >= 0.3 is 12.2 Å². The molecular formula is C23H25F3N8O2. The molecule has 0 aliphatic carbocycles. The maximum Gasteiger partial charge on any atom is 0.416 e. The first kappa shape index (κ1) is 24.1. The zero-order valence-electron chi connectivity index (χ0n) is 19.6. The van der Waals surface area contributed by atoms with Gasteiger partial charge in [0.15, 0.2) is 5.78 Å². The fraction of sp³-hybridized carbons (Fsp3) is 0.478. The molecule has 4 heterocycles. The molecule has 1 spiro atoms. The molecule has 2 aliphatic rings. The van der Waals surface area contributed by atoms with E-state index in [2.05, 4.69) is 30.6 Å². The van der Waals surface area contributed by atoms with E-state index in [1.807, 2.05) is 0 Å². The Labute approximate surface area is 204 Å². The average Bonchev–Trinajstić information content (AvgIpc) is 3.61. The van der Waals surface area contributed by atoms with E-state index in [9.17, 15) is 22.8 Å². The van der Waals surface area contributed by atoms with E-state index in [-0.39, 0.29) is 28.9 Å². The Morgan fingerprint density at radius 2 is 1.89 bits per heavy atom. The monoisotopic (exact) mass is 502 g/mol. The summed E-state index contributed by atoms with van der Waals surface area (Å²) >= 11 is 0. The summed E-state index contributed by atoms with van der Waals surface area (Å²) in [6, 6.07) is 4.90. The molecule has 0 bridgehead atoms. The molecule has 0 radical (unpaired) electrons. The summed E-state index contributed by atoms with van der Waals surface area (Å²) in [5, 5.41) is 17.7. The Morgan fingerprint density at radius 3 is 2.53 bits per heavy atom. The molecule has 1 N–H and O–H groups in total. The van der Waals surface area contributed by atoms with E-state index in [1.54, 1.807) is 4.90 Å². The van der Waals surface area contributed by atoms with Gasteiger partial charge < -0.3 is 4.90 Å². The highest BCUT2D eigenvalue weighted by molar-refractivity contribution is 5.92. The number of alkyl halides is 3. The molecular weight excluding hydrogens is 477 g/mol. The maximum atomic E-state index is 13.4. The molecule has 0 saturated carbocycles. The Bertz CT molecular complexity index is 1260. The molecule has 2 fully saturated rings. The lowest BCUT2D eigenvalue weighted by molar-refractivity contribution is -0.137. The van der Waals surface area contributed by atoms with Crippen molar-refractivity contribution in [2.24, 2.45) is 0 Å². The van der Waals surface area contributed by atoms with E-state index >= 15 is 0 Å². The van der Waals surface area contributed by atoms with Crippen LogP contribution < -0.4 is 0 Å². The van der Waals surface area contributed by atoms with E-state index in [4.69, 9.17) is 0 Å². The Kier molecular flexibility index (Phi) is 6.10. The minimum atomic E-state index is -4.48. The number of benzene rings is 1. The second-order valence-corrected chi connectivity index (χ2v) is 9.33. The summed E-state index contributed by atoms with van der Waals surface area (Å²) in [4.78, 5) is 28.4. The largest absolute Gasteiger partial charge is 0.416 e. The molecule has 0 unspecified atom stereocenters. The van der Waals surface area contributed by atoms with Crippen LogP contribution in [0.5, 0.6) is 0 Å². The first-order valence-electron chi connectivity index (χ1n) is 11.7. The van der Waals surface area contributed by atoms with Crippen LogP contribution in [0, 0.1) is 0 Å². The van der Waals surface area contributed by atoms with Gasteiger partial charge in [-0.1, -0.05) is 6.07 Å². The Morgan fingerprint density at radius 1 is 1.11 bits per heavy atom. The number of aromatic nitrogens is 6. The SMILES string of the molecule is CC(=O)c1ccn(C(=O)N2CCC3(CCCN3Cc3ccc(C(F)(F)F)cc3-c3nn[nH]n3)CC2)n1. The number of likely N-dealkylation sites (tertiary alicyclic amines) is 2. The Hall–Kier alpha value is -3.61. The van der Waals surface area contributed by atoms with Crippen LogP contribution in [0.2, 0.25) is 0 Å². The third-order valence-corrected chi connectivity index (χ3v) is 7.24. The molecule has 2 aromatic heterocycles. The number of piperidine rings is 1. The van der Waals surface area contributed by atoms with Crippen molar-refractivity contribution in [1.29, 1.82) is 0 Å². The number of nitrogens with zero attached hydrogens (tertiary/aromatic N) is 7. The van der Waals surface area contributed by atoms with Crippen LogP contribution in [0.1, 0.15) is 54.2 Å². The minimum absolute atomic E-state index is 0.119. The number of H-pyrrole nitrogens is 1. The predicted octanol–water partition coefficient (Wildman–Crippen LogP) is 3.38. The predicted molar refractivity (Wildman–Crippen MR) is 121 cm³/mol. The number of Topliss-reactive ketones (excluding diaryl/α,β-unsaturated/α-hetero) is 1. The highest BCUT2D eigenvalue weighted by Crippen LogP contribution is 2.41. The fourth-order valence-electron chi connectivity index (χ4n) is 5.26. The molecule has 2 aliphatic heterocycles. The van der Waals surface area contributed by atoms with Crippen LogP contribution >= 0.6 is 0 Å². The molecule has 2 saturated heterocycles. The number of halogens is 3. The summed E-state index contributed by atoms with van der Waals surface area (Å²) in [5.41, 5.74) is 0.321. The molecule has 190 valence electrons. The zero-order valence-corrected chi connectivity index (χ0v) is 19.6. The van der Waals surface area contributed by atoms with Gasteiger partial charge in [-0.15, -0.1) is 10.2 Å². The topological polar surface area (TPSA) is 113 Å². The van der Waals surface area contributed by atoms with Gasteiger partial charge in [0.2, 0.25) is 5.82 Å². The smallest absolute Gasteiger partial charge is 0.323 e. The van der Waals surface area contributed by atoms with Crippen molar-refractivity contribution in [1.82, 2.24) is 40.2 Å². The highest BCUT2D eigenvalue weighted by Gasteiger charge is 2.44. The van der Waals surface area contributed by atoms with Gasteiger partial charge in [-0.25, -0.2) is 4.79 Å². The van der Waals surface area contributed by atoms with Crippen molar-refractivity contribution < 1.29 is 22.8 Å². The van der Waals surface area contributed by atoms with Crippen LogP contribution in [-0.4, -0.2) is 77.2 Å². The number of carbonyl (C=O) groups is 2. The number of hydrogen-bond donors (Lipinski definition) is 1. The lowest BCUT2D eigenvalue weighted by atomic mass is 9.84. The molecule has 3 aromatic rings. The van der Waals surface area contributed by atoms with Crippen LogP contribution in [0.25, 0.3) is 11.4 Å². The summed E-state index contributed by atoms with van der Waals surface area (Å²) in [7, 11) is 0. The van der Waals surface area contributed by atoms with Crippen molar-refractivity contribution in [3.8, 4) is 11.4 Å². The Balaban J connectivity index is 1.33. The zero-order chi connectivity index (χ0) is 25.5. The number of carbonyl (C=O) groups excluding carboxylic acids is 2. The molecule has 10 nitrogen and oxygen atoms in total. The lowest BCUT2D eigenvalue weighted by Crippen LogP contribution is -2.53. The summed E-state index contributed by atoms with van der Waals surface area (Å²) < 4.78 is 41.3. The number of nitrogens with one attached hydrogen (secondary N) is 1. The molecule has 36 heavy (non-hydrogen) atoms. The van der Waals surface area contributed by atoms with E-state index in [0.717, 1.165) is 44.4 Å². The van der Waals surface area contributed by atoms with E-state index < -0.39 is 11.7 Å². The van der Waals surface area contributed by atoms with Gasteiger partial charge in [-0.3, -0.25) is 9.69 Å². The van der Waals surface area contributed by atoms with Crippen molar-refractivity contribution in [2.45, 2.75) is 50.9 Å². The quantitative estimate of drug-likeness (QED) is 0.544. The second kappa shape index (κ2) is 9.12. The number of amides is 1. The van der Waals surface area contributed by atoms with Crippen molar-refractivity contribution in [3.05, 3.63) is 47.3 Å². The van der Waals surface area contributed by atoms with Crippen molar-refractivity contribution in [3.63, 3.8) is 0 Å². The third-order valence-electron chi connectivity index (χ3n) is 7.24. The molecule has 1 aromatic carbocycles. The van der Waals surface area contributed by atoms with Gasteiger partial charge in [0.1, 0.15) is 5.69 Å². The molecule has 5 rings (SSSR count). The van der Waals surface area contributed by atoms with E-state index in [1.165, 1.54) is 29.9 Å². The first-order valence-corrected chi connectivity index (χ1v) is 11.7. The first-order chi connectivity index (χ1) is 17.2. The minimum Gasteiger partial charge on any atom is -0.323 e. The van der Waals surface area contributed by atoms with Crippen LogP contribution in [0.3, 0.4) is 0 Å². The van der Waals surface area contributed by atoms with Crippen LogP contribution in [0.15, 0.2) is 30.5 Å². The number of rotatable bonds is 4. The number of aromatic amines is 1. The van der Waals surface area contributed by atoms with E-state index in [0.29, 0.717) is 30.8 Å². The molecule has 1 amide bonds. The molecule has 0 atom stereocenters. The third kappa shape index (κ3) is 4.50. The lowest BCUT2D eigenvalue weighted by Gasteiger charge is -2.45. The van der Waals surface area contributed by atoms with Gasteiger partial charge in [0, 0.05) is 43.9 Å². The maximum absolute atomic E-state index is 13.4. The molecule has 13 heteroatoms. The van der Waals surface area contributed by atoms with Gasteiger partial charge in [-0.2, -0.15) is 28.2 Å². The van der Waals surface area contributed by atoms with Crippen molar-refractivity contribution in [2.75, 3.05) is 19.6 Å². The number of tetrazole rings is 1. The normalized spacial score (nSPS) is 18.2. The van der Waals surface area contributed by atoms with Gasteiger partial charge in [0.25, 0.3) is 0 Å². The number of ketones is 1. The van der Waals surface area contributed by atoms with Gasteiger partial charge in [0.05, 0.1) is 5.56 Å². The van der Waals surface area contributed by atoms with Crippen LogP contribution in [-0.2, 0) is 12.7 Å². The second-order valence-electron chi connectivity index (χ2n) is 9.33. The average molecular weight is 503 g/mol. The summed E-state index contributed by atoms with van der Waals surface area (Å²) in [6.07, 6.45) is 0.395. The highest BCUT2D eigenvalue weighted by atomic mass is 19.4. The summed E-state index contributed by atoms with van der Waals surface area (Å²) in [6.45, 7) is 3.70. The number of hydrogen-bond acceptors (Lipinski definition) is 7. The fourth-order valence-corrected chi connectivity index (χ4v) is 5.26.